The summed E-state index contributed by atoms with van der Waals surface area (Å²) in [4.78, 5) is 0. The lowest BCUT2D eigenvalue weighted by atomic mass is 10.2. The number of nitrogens with zero attached hydrogens (tertiary/aromatic N) is 1. The zero-order valence-corrected chi connectivity index (χ0v) is 6.42. The summed E-state index contributed by atoms with van der Waals surface area (Å²) in [6, 6.07) is 3.94. The van der Waals surface area contributed by atoms with Crippen LogP contribution in [-0.4, -0.2) is 7.11 Å². The number of hydrogen-bond acceptors (Lipinski definition) is 3. The standard InChI is InChI=1S/C7H8F2N2O/c1-12-5-2-3-7(11(8)9)6(10)4-5/h2-4H,10H2,1H3. The second-order valence-corrected chi connectivity index (χ2v) is 2.16. The molecule has 0 spiro atoms. The molecule has 0 unspecified atom stereocenters. The van der Waals surface area contributed by atoms with Crippen molar-refractivity contribution in [3.8, 4) is 5.75 Å². The molecule has 0 bridgehead atoms. The van der Waals surface area contributed by atoms with Gasteiger partial charge >= 0.3 is 0 Å². The number of rotatable bonds is 2. The Kier molecular flexibility index (Phi) is 2.32. The van der Waals surface area contributed by atoms with Crippen LogP contribution in [-0.2, 0) is 0 Å². The van der Waals surface area contributed by atoms with E-state index in [-0.39, 0.29) is 11.4 Å². The highest BCUT2D eigenvalue weighted by molar-refractivity contribution is 5.67. The van der Waals surface area contributed by atoms with E-state index in [9.17, 15) is 8.96 Å². The monoisotopic (exact) mass is 174 g/mol. The number of nitrogens with two attached hydrogens (primary N) is 1. The quantitative estimate of drug-likeness (QED) is 0.549. The van der Waals surface area contributed by atoms with Crippen molar-refractivity contribution in [2.75, 3.05) is 18.2 Å². The largest absolute Gasteiger partial charge is 0.497 e. The van der Waals surface area contributed by atoms with Crippen molar-refractivity contribution < 1.29 is 13.7 Å². The summed E-state index contributed by atoms with van der Waals surface area (Å²) >= 11 is 0. The zero-order chi connectivity index (χ0) is 9.14. The second-order valence-electron chi connectivity index (χ2n) is 2.16. The SMILES string of the molecule is COc1ccc(N(F)F)c(N)c1. The van der Waals surface area contributed by atoms with Crippen molar-refractivity contribution in [1.82, 2.24) is 0 Å². The molecule has 2 N–H and O–H groups in total. The van der Waals surface area contributed by atoms with Crippen LogP contribution < -0.4 is 15.8 Å². The van der Waals surface area contributed by atoms with Gasteiger partial charge in [0.25, 0.3) is 0 Å². The molecule has 12 heavy (non-hydrogen) atoms. The first kappa shape index (κ1) is 8.58. The van der Waals surface area contributed by atoms with Gasteiger partial charge < -0.3 is 10.5 Å². The predicted molar refractivity (Wildman–Crippen MR) is 42.1 cm³/mol. The molecule has 1 rings (SSSR count). The first-order valence-corrected chi connectivity index (χ1v) is 3.20. The highest BCUT2D eigenvalue weighted by Crippen LogP contribution is 2.27. The van der Waals surface area contributed by atoms with E-state index in [4.69, 9.17) is 10.5 Å². The van der Waals surface area contributed by atoms with Crippen LogP contribution in [0.2, 0.25) is 0 Å². The van der Waals surface area contributed by atoms with Crippen LogP contribution in [0.4, 0.5) is 20.3 Å². The van der Waals surface area contributed by atoms with Gasteiger partial charge in [-0.15, -0.1) is 0 Å². The van der Waals surface area contributed by atoms with E-state index in [1.54, 1.807) is 0 Å². The summed E-state index contributed by atoms with van der Waals surface area (Å²) in [6.07, 6.45) is 0. The Morgan fingerprint density at radius 1 is 1.42 bits per heavy atom. The number of ether oxygens (including phenoxy) is 1. The molecule has 0 aliphatic rings. The maximum atomic E-state index is 12.0. The molecule has 0 amide bonds. The van der Waals surface area contributed by atoms with Gasteiger partial charge in [-0.1, -0.05) is 8.96 Å². The third kappa shape index (κ3) is 1.55. The zero-order valence-electron chi connectivity index (χ0n) is 6.42. The summed E-state index contributed by atoms with van der Waals surface area (Å²) in [5.74, 6) is 0.457. The molecule has 66 valence electrons. The molecule has 0 saturated heterocycles. The maximum Gasteiger partial charge on any atom is 0.128 e. The van der Waals surface area contributed by atoms with Crippen LogP contribution in [0.25, 0.3) is 0 Å². The van der Waals surface area contributed by atoms with Crippen LogP contribution in [0, 0.1) is 0 Å². The summed E-state index contributed by atoms with van der Waals surface area (Å²) in [5, 5.41) is -1.03. The summed E-state index contributed by atoms with van der Waals surface area (Å²) in [5.41, 5.74) is 4.96. The lowest BCUT2D eigenvalue weighted by Crippen LogP contribution is -2.00. The lowest BCUT2D eigenvalue weighted by Gasteiger charge is -2.07. The van der Waals surface area contributed by atoms with E-state index in [0.29, 0.717) is 5.75 Å². The van der Waals surface area contributed by atoms with Gasteiger partial charge in [0.1, 0.15) is 11.4 Å². The summed E-state index contributed by atoms with van der Waals surface area (Å²) in [7, 11) is 1.44. The maximum absolute atomic E-state index is 12.0. The van der Waals surface area contributed by atoms with Crippen LogP contribution in [0.3, 0.4) is 0 Å². The first-order chi connectivity index (χ1) is 5.65. The highest BCUT2D eigenvalue weighted by Gasteiger charge is 2.07. The Morgan fingerprint density at radius 2 is 2.08 bits per heavy atom. The molecule has 0 radical (unpaired) electrons. The number of anilines is 2. The molecule has 5 heteroatoms. The smallest absolute Gasteiger partial charge is 0.128 e. The fourth-order valence-electron chi connectivity index (χ4n) is 0.814. The van der Waals surface area contributed by atoms with Gasteiger partial charge in [-0.3, -0.25) is 0 Å². The molecule has 0 aliphatic heterocycles. The van der Waals surface area contributed by atoms with E-state index in [0.717, 1.165) is 0 Å². The van der Waals surface area contributed by atoms with Gasteiger partial charge in [-0.2, -0.15) is 0 Å². The van der Waals surface area contributed by atoms with Crippen molar-refractivity contribution in [1.29, 1.82) is 0 Å². The van der Waals surface area contributed by atoms with Crippen molar-refractivity contribution in [3.63, 3.8) is 0 Å². The second kappa shape index (κ2) is 3.25. The Morgan fingerprint density at radius 3 is 2.50 bits per heavy atom. The molecule has 0 aliphatic carbocycles. The molecule has 1 aromatic rings. The molecule has 0 heterocycles. The third-order valence-electron chi connectivity index (χ3n) is 1.42. The van der Waals surface area contributed by atoms with Gasteiger partial charge in [0.05, 0.1) is 12.8 Å². The number of hydrogen-bond donors (Lipinski definition) is 1. The van der Waals surface area contributed by atoms with Crippen molar-refractivity contribution >= 4 is 11.4 Å². The van der Waals surface area contributed by atoms with Crippen molar-refractivity contribution in [3.05, 3.63) is 18.2 Å². The van der Waals surface area contributed by atoms with Crippen molar-refractivity contribution in [2.45, 2.75) is 0 Å². The minimum atomic E-state index is -1.03. The Balaban J connectivity index is 3.03. The minimum absolute atomic E-state index is 0.0145. The normalized spacial score (nSPS) is 9.58. The first-order valence-electron chi connectivity index (χ1n) is 3.20. The Bertz CT molecular complexity index is 278. The summed E-state index contributed by atoms with van der Waals surface area (Å²) < 4.78 is 28.7. The fourth-order valence-corrected chi connectivity index (χ4v) is 0.814. The predicted octanol–water partition coefficient (Wildman–Crippen LogP) is 1.85. The van der Waals surface area contributed by atoms with Crippen molar-refractivity contribution in [2.24, 2.45) is 0 Å². The third-order valence-corrected chi connectivity index (χ3v) is 1.42. The van der Waals surface area contributed by atoms with E-state index in [1.165, 1.54) is 25.3 Å². The lowest BCUT2D eigenvalue weighted by molar-refractivity contribution is 0.235. The van der Waals surface area contributed by atoms with Gasteiger partial charge in [0.2, 0.25) is 0 Å². The fraction of sp³-hybridized carbons (Fsp3) is 0.143. The Labute approximate surface area is 68.2 Å². The van der Waals surface area contributed by atoms with E-state index in [2.05, 4.69) is 0 Å². The highest BCUT2D eigenvalue weighted by atomic mass is 19.4. The topological polar surface area (TPSA) is 38.5 Å². The summed E-state index contributed by atoms with van der Waals surface area (Å²) in [6.45, 7) is 0. The molecule has 0 fully saturated rings. The Hall–Kier alpha value is -1.52. The van der Waals surface area contributed by atoms with Gasteiger partial charge in [0, 0.05) is 6.07 Å². The van der Waals surface area contributed by atoms with Gasteiger partial charge in [0.15, 0.2) is 0 Å². The minimum Gasteiger partial charge on any atom is -0.497 e. The average molecular weight is 174 g/mol. The molecule has 0 saturated carbocycles. The van der Waals surface area contributed by atoms with Crippen LogP contribution in [0.15, 0.2) is 18.2 Å². The van der Waals surface area contributed by atoms with E-state index >= 15 is 0 Å². The molecule has 0 atom stereocenters. The van der Waals surface area contributed by atoms with Crippen LogP contribution >= 0.6 is 0 Å². The van der Waals surface area contributed by atoms with Crippen LogP contribution in [0.1, 0.15) is 0 Å². The van der Waals surface area contributed by atoms with E-state index < -0.39 is 5.34 Å². The number of nitrogen functional groups attached to an aromatic ring is 1. The molecule has 0 aromatic heterocycles. The van der Waals surface area contributed by atoms with E-state index in [1.807, 2.05) is 0 Å². The molecule has 1 aromatic carbocycles. The molecular weight excluding hydrogens is 166 g/mol. The van der Waals surface area contributed by atoms with Gasteiger partial charge in [-0.25, -0.2) is 0 Å². The number of benzene rings is 1. The molecule has 3 nitrogen and oxygen atoms in total. The number of halogens is 2. The molecular formula is C7H8F2N2O. The van der Waals surface area contributed by atoms with Gasteiger partial charge in [-0.05, 0) is 17.5 Å². The number of methoxy groups -OCH3 is 1. The van der Waals surface area contributed by atoms with Crippen LogP contribution in [0.5, 0.6) is 5.75 Å². The average Bonchev–Trinajstić information content (AvgIpc) is 2.03.